The molecule has 3 saturated carbocycles. The van der Waals surface area contributed by atoms with E-state index in [-0.39, 0.29) is 17.9 Å². The Morgan fingerprint density at radius 1 is 1.06 bits per heavy atom. The van der Waals surface area contributed by atoms with Gasteiger partial charge in [0.25, 0.3) is 0 Å². The van der Waals surface area contributed by atoms with Gasteiger partial charge in [-0.1, -0.05) is 20.3 Å². The van der Waals surface area contributed by atoms with Crippen LogP contribution in [0.2, 0.25) is 0 Å². The second-order valence-electron chi connectivity index (χ2n) is 6.32. The molecule has 90 valence electrons. The standard InChI is InChI=1S/C14H22O2/c1-7-3-4-10-8(2)14(16)13-11(15)6-5-9(7)12(10)13/h7-13,15H,3-6H2,1-2H3/t7-,8-,9+,10-,11-,12-,13-/m1/s1. The van der Waals surface area contributed by atoms with E-state index in [0.29, 0.717) is 23.5 Å². The fourth-order valence-electron chi connectivity index (χ4n) is 4.84. The molecule has 0 aromatic rings. The molecule has 3 aliphatic rings. The van der Waals surface area contributed by atoms with Crippen LogP contribution in [-0.4, -0.2) is 17.0 Å². The first kappa shape index (κ1) is 10.8. The topological polar surface area (TPSA) is 37.3 Å². The van der Waals surface area contributed by atoms with Crippen molar-refractivity contribution < 1.29 is 9.90 Å². The monoisotopic (exact) mass is 222 g/mol. The van der Waals surface area contributed by atoms with Crippen molar-refractivity contribution in [2.75, 3.05) is 0 Å². The number of hydrogen-bond donors (Lipinski definition) is 1. The lowest BCUT2D eigenvalue weighted by molar-refractivity contribution is -0.129. The summed E-state index contributed by atoms with van der Waals surface area (Å²) < 4.78 is 0. The molecule has 0 aliphatic heterocycles. The lowest BCUT2D eigenvalue weighted by Gasteiger charge is -2.45. The summed E-state index contributed by atoms with van der Waals surface area (Å²) >= 11 is 0. The summed E-state index contributed by atoms with van der Waals surface area (Å²) in [7, 11) is 0. The normalized spacial score (nSPS) is 56.2. The van der Waals surface area contributed by atoms with Crippen LogP contribution in [0.1, 0.15) is 39.5 Å². The third kappa shape index (κ3) is 1.25. The average molecular weight is 222 g/mol. The molecule has 3 aliphatic carbocycles. The molecule has 0 amide bonds. The molecule has 0 aromatic carbocycles. The van der Waals surface area contributed by atoms with Gasteiger partial charge in [0, 0.05) is 11.8 Å². The molecule has 0 aromatic heterocycles. The van der Waals surface area contributed by atoms with Crippen LogP contribution >= 0.6 is 0 Å². The Labute approximate surface area is 97.4 Å². The van der Waals surface area contributed by atoms with E-state index in [2.05, 4.69) is 13.8 Å². The number of rotatable bonds is 0. The first-order valence-corrected chi connectivity index (χ1v) is 6.83. The smallest absolute Gasteiger partial charge is 0.141 e. The highest BCUT2D eigenvalue weighted by molar-refractivity contribution is 5.87. The van der Waals surface area contributed by atoms with E-state index in [1.54, 1.807) is 0 Å². The van der Waals surface area contributed by atoms with E-state index < -0.39 is 0 Å². The van der Waals surface area contributed by atoms with E-state index in [0.717, 1.165) is 18.8 Å². The Hall–Kier alpha value is -0.370. The SMILES string of the molecule is C[C@@H]1CC[C@H]2[C@H]3[C@H]1CC[C@@H](O)[C@H]3C(=O)[C@@H]2C. The quantitative estimate of drug-likeness (QED) is 0.682. The minimum absolute atomic E-state index is 0.0125. The molecule has 0 saturated heterocycles. The Kier molecular flexibility index (Phi) is 2.39. The van der Waals surface area contributed by atoms with Gasteiger partial charge in [-0.15, -0.1) is 0 Å². The molecule has 0 unspecified atom stereocenters. The van der Waals surface area contributed by atoms with E-state index in [9.17, 15) is 9.90 Å². The fraction of sp³-hybridized carbons (Fsp3) is 0.929. The van der Waals surface area contributed by atoms with Crippen LogP contribution in [0.25, 0.3) is 0 Å². The van der Waals surface area contributed by atoms with E-state index in [1.807, 2.05) is 0 Å². The summed E-state index contributed by atoms with van der Waals surface area (Å²) in [5.74, 6) is 3.11. The van der Waals surface area contributed by atoms with E-state index in [1.165, 1.54) is 12.8 Å². The van der Waals surface area contributed by atoms with Crippen molar-refractivity contribution in [1.82, 2.24) is 0 Å². The van der Waals surface area contributed by atoms with Crippen molar-refractivity contribution in [2.45, 2.75) is 45.6 Å². The predicted octanol–water partition coefficient (Wildman–Crippen LogP) is 2.25. The molecule has 3 rings (SSSR count). The first-order chi connectivity index (χ1) is 7.61. The summed E-state index contributed by atoms with van der Waals surface area (Å²) in [5.41, 5.74) is 0. The number of carbonyl (C=O) groups is 1. The first-order valence-electron chi connectivity index (χ1n) is 6.83. The number of aliphatic hydroxyl groups excluding tert-OH is 1. The predicted molar refractivity (Wildman–Crippen MR) is 61.8 cm³/mol. The highest BCUT2D eigenvalue weighted by Gasteiger charge is 2.57. The number of aliphatic hydroxyl groups is 1. The van der Waals surface area contributed by atoms with Gasteiger partial charge in [-0.3, -0.25) is 4.79 Å². The molecule has 7 atom stereocenters. The van der Waals surface area contributed by atoms with Crippen LogP contribution < -0.4 is 0 Å². The zero-order valence-electron chi connectivity index (χ0n) is 10.2. The summed E-state index contributed by atoms with van der Waals surface area (Å²) in [6, 6.07) is 0. The van der Waals surface area contributed by atoms with Gasteiger partial charge in [-0.05, 0) is 42.9 Å². The van der Waals surface area contributed by atoms with Crippen molar-refractivity contribution in [3.05, 3.63) is 0 Å². The van der Waals surface area contributed by atoms with Crippen molar-refractivity contribution in [3.63, 3.8) is 0 Å². The zero-order valence-corrected chi connectivity index (χ0v) is 10.2. The summed E-state index contributed by atoms with van der Waals surface area (Å²) in [6.07, 6.45) is 4.14. The molecule has 0 heterocycles. The second-order valence-corrected chi connectivity index (χ2v) is 6.32. The number of ketones is 1. The van der Waals surface area contributed by atoms with Gasteiger partial charge in [0.1, 0.15) is 5.78 Å². The average Bonchev–Trinajstić information content (AvgIpc) is 2.51. The van der Waals surface area contributed by atoms with Gasteiger partial charge in [0.05, 0.1) is 6.10 Å². The van der Waals surface area contributed by atoms with Gasteiger partial charge >= 0.3 is 0 Å². The van der Waals surface area contributed by atoms with Crippen LogP contribution in [0.4, 0.5) is 0 Å². The number of hydrogen-bond acceptors (Lipinski definition) is 2. The van der Waals surface area contributed by atoms with E-state index in [4.69, 9.17) is 0 Å². The number of Topliss-reactive ketones (excluding diaryl/α,β-unsaturated/α-hetero) is 1. The summed E-state index contributed by atoms with van der Waals surface area (Å²) in [5, 5.41) is 10.1. The minimum atomic E-state index is -0.341. The zero-order chi connectivity index (χ0) is 11.4. The maximum atomic E-state index is 12.2. The molecule has 0 bridgehead atoms. The van der Waals surface area contributed by atoms with Crippen LogP contribution in [-0.2, 0) is 4.79 Å². The lowest BCUT2D eigenvalue weighted by atomic mass is 9.60. The Bertz CT molecular complexity index is 312. The Morgan fingerprint density at radius 2 is 1.75 bits per heavy atom. The van der Waals surface area contributed by atoms with Gasteiger partial charge in [-0.2, -0.15) is 0 Å². The third-order valence-electron chi connectivity index (χ3n) is 5.72. The van der Waals surface area contributed by atoms with Gasteiger partial charge in [0.2, 0.25) is 0 Å². The summed E-state index contributed by atoms with van der Waals surface area (Å²) in [4.78, 5) is 12.2. The van der Waals surface area contributed by atoms with Crippen molar-refractivity contribution in [1.29, 1.82) is 0 Å². The Balaban J connectivity index is 1.97. The van der Waals surface area contributed by atoms with E-state index >= 15 is 0 Å². The highest BCUT2D eigenvalue weighted by atomic mass is 16.3. The third-order valence-corrected chi connectivity index (χ3v) is 5.72. The van der Waals surface area contributed by atoms with Crippen molar-refractivity contribution in [2.24, 2.45) is 35.5 Å². The maximum absolute atomic E-state index is 12.2. The van der Waals surface area contributed by atoms with Crippen LogP contribution in [0.15, 0.2) is 0 Å². The summed E-state index contributed by atoms with van der Waals surface area (Å²) in [6.45, 7) is 4.42. The van der Waals surface area contributed by atoms with Gasteiger partial charge < -0.3 is 5.11 Å². The molecule has 2 heteroatoms. The highest BCUT2D eigenvalue weighted by Crippen LogP contribution is 2.56. The largest absolute Gasteiger partial charge is 0.392 e. The Morgan fingerprint density at radius 3 is 2.50 bits per heavy atom. The second kappa shape index (κ2) is 3.56. The van der Waals surface area contributed by atoms with Gasteiger partial charge in [0.15, 0.2) is 0 Å². The lowest BCUT2D eigenvalue weighted by Crippen LogP contribution is -2.43. The molecule has 1 N–H and O–H groups in total. The van der Waals surface area contributed by atoms with Crippen LogP contribution in [0.3, 0.4) is 0 Å². The molecule has 0 spiro atoms. The molecule has 3 fully saturated rings. The minimum Gasteiger partial charge on any atom is -0.392 e. The van der Waals surface area contributed by atoms with Crippen molar-refractivity contribution in [3.8, 4) is 0 Å². The molecule has 2 nitrogen and oxygen atoms in total. The molecular weight excluding hydrogens is 200 g/mol. The fourth-order valence-corrected chi connectivity index (χ4v) is 4.84. The van der Waals surface area contributed by atoms with Crippen molar-refractivity contribution >= 4 is 5.78 Å². The molecule has 0 radical (unpaired) electrons. The molecular formula is C14H22O2. The van der Waals surface area contributed by atoms with Gasteiger partial charge in [-0.25, -0.2) is 0 Å². The molecule has 16 heavy (non-hydrogen) atoms. The van der Waals surface area contributed by atoms with Crippen LogP contribution in [0.5, 0.6) is 0 Å². The maximum Gasteiger partial charge on any atom is 0.141 e. The number of carbonyl (C=O) groups excluding carboxylic acids is 1. The van der Waals surface area contributed by atoms with Crippen LogP contribution in [0, 0.1) is 35.5 Å².